The van der Waals surface area contributed by atoms with Gasteiger partial charge in [-0.3, -0.25) is 0 Å². The maximum absolute atomic E-state index is 9.55. The van der Waals surface area contributed by atoms with E-state index in [4.69, 9.17) is 8.83 Å². The number of nitrogens with zero attached hydrogens (tertiary/aromatic N) is 4. The Morgan fingerprint density at radius 1 is 1.05 bits per heavy atom. The first-order valence-electron chi connectivity index (χ1n) is 6.65. The van der Waals surface area contributed by atoms with Crippen molar-refractivity contribution in [2.24, 2.45) is 0 Å². The van der Waals surface area contributed by atoms with Crippen molar-refractivity contribution in [1.82, 2.24) is 0 Å². The highest BCUT2D eigenvalue weighted by Gasteiger charge is 2.24. The zero-order valence-corrected chi connectivity index (χ0v) is 12.8. The quantitative estimate of drug-likeness (QED) is 0.722. The van der Waals surface area contributed by atoms with Crippen LogP contribution in [0.3, 0.4) is 0 Å². The number of fused-ring (bicyclic) bond motifs is 2. The van der Waals surface area contributed by atoms with Gasteiger partial charge in [0, 0.05) is 33.6 Å². The highest BCUT2D eigenvalue weighted by Crippen LogP contribution is 2.42. The first-order chi connectivity index (χ1) is 10.5. The van der Waals surface area contributed by atoms with Gasteiger partial charge in [0.1, 0.15) is 29.5 Å². The molecule has 0 aliphatic rings. The fourth-order valence-electron chi connectivity index (χ4n) is 2.64. The molecule has 0 aliphatic carbocycles. The van der Waals surface area contributed by atoms with Crippen molar-refractivity contribution in [3.8, 4) is 12.1 Å². The number of hydrogen-bond donors (Lipinski definition) is 0. The molecule has 0 atom stereocenters. The molecular formula is C16H14N4O2. The molecule has 0 fully saturated rings. The monoisotopic (exact) mass is 294 g/mol. The van der Waals surface area contributed by atoms with E-state index in [2.05, 4.69) is 12.1 Å². The fourth-order valence-corrected chi connectivity index (χ4v) is 2.64. The summed E-state index contributed by atoms with van der Waals surface area (Å²) < 4.78 is 11.4. The first-order valence-corrected chi connectivity index (χ1v) is 6.65. The molecule has 0 saturated carbocycles. The molecule has 2 aromatic heterocycles. The Bertz CT molecular complexity index is 964. The molecule has 110 valence electrons. The highest BCUT2D eigenvalue weighted by atomic mass is 16.4. The first kappa shape index (κ1) is 13.8. The van der Waals surface area contributed by atoms with Gasteiger partial charge in [0.05, 0.1) is 16.6 Å². The minimum Gasteiger partial charge on any atom is -0.461 e. The van der Waals surface area contributed by atoms with E-state index in [1.54, 1.807) is 11.0 Å². The maximum Gasteiger partial charge on any atom is 0.214 e. The summed E-state index contributed by atoms with van der Waals surface area (Å²) >= 11 is 0. The van der Waals surface area contributed by atoms with E-state index in [0.29, 0.717) is 38.9 Å². The third kappa shape index (κ3) is 1.71. The van der Waals surface area contributed by atoms with Gasteiger partial charge in [-0.05, 0) is 6.07 Å². The summed E-state index contributed by atoms with van der Waals surface area (Å²) in [5, 5.41) is 20.1. The Morgan fingerprint density at radius 3 is 2.32 bits per heavy atom. The van der Waals surface area contributed by atoms with Gasteiger partial charge in [-0.1, -0.05) is 0 Å². The lowest BCUT2D eigenvalue weighted by Crippen LogP contribution is -2.10. The molecule has 3 rings (SSSR count). The average molecular weight is 294 g/mol. The molecule has 6 nitrogen and oxygen atoms in total. The molecule has 6 heteroatoms. The van der Waals surface area contributed by atoms with Gasteiger partial charge in [0.15, 0.2) is 5.58 Å². The highest BCUT2D eigenvalue weighted by molar-refractivity contribution is 6.12. The average Bonchev–Trinajstić information content (AvgIpc) is 3.04. The van der Waals surface area contributed by atoms with Gasteiger partial charge >= 0.3 is 0 Å². The molecule has 0 radical (unpaired) electrons. The van der Waals surface area contributed by atoms with Crippen LogP contribution in [0, 0.1) is 22.7 Å². The fraction of sp³-hybridized carbons (Fsp3) is 0.250. The molecule has 22 heavy (non-hydrogen) atoms. The van der Waals surface area contributed by atoms with Crippen molar-refractivity contribution < 1.29 is 8.83 Å². The summed E-state index contributed by atoms with van der Waals surface area (Å²) in [4.78, 5) is 3.62. The van der Waals surface area contributed by atoms with E-state index in [-0.39, 0.29) is 0 Å². The summed E-state index contributed by atoms with van der Waals surface area (Å²) in [6, 6.07) is 6.08. The SMILES string of the molecule is CN(C)c1oc2cc3c(C#N)coc3c(N(C)C)c2c1C#N. The van der Waals surface area contributed by atoms with Gasteiger partial charge < -0.3 is 18.6 Å². The summed E-state index contributed by atoms with van der Waals surface area (Å²) in [6.45, 7) is 0. The minimum atomic E-state index is 0.446. The van der Waals surface area contributed by atoms with Gasteiger partial charge in [0.2, 0.25) is 5.88 Å². The summed E-state index contributed by atoms with van der Waals surface area (Å²) in [6.07, 6.45) is 1.43. The summed E-state index contributed by atoms with van der Waals surface area (Å²) in [5.74, 6) is 0.492. The number of hydrogen-bond acceptors (Lipinski definition) is 6. The molecule has 0 amide bonds. The Morgan fingerprint density at radius 2 is 1.77 bits per heavy atom. The molecule has 2 heterocycles. The van der Waals surface area contributed by atoms with Crippen molar-refractivity contribution in [2.45, 2.75) is 0 Å². The van der Waals surface area contributed by atoms with Crippen LogP contribution in [-0.4, -0.2) is 28.2 Å². The molecule has 1 aromatic carbocycles. The second-order valence-corrected chi connectivity index (χ2v) is 5.42. The van der Waals surface area contributed by atoms with Crippen molar-refractivity contribution in [3.63, 3.8) is 0 Å². The molecule has 0 saturated heterocycles. The molecule has 0 bridgehead atoms. The standard InChI is InChI=1S/C16H14N4O2/c1-19(2)14-13-11(7-18)16(20(3)4)22-12(13)5-10-9(6-17)8-21-15(10)14/h5,8H,1-4H3. The number of furan rings is 2. The van der Waals surface area contributed by atoms with Crippen LogP contribution in [0.25, 0.3) is 21.9 Å². The Kier molecular flexibility index (Phi) is 2.97. The van der Waals surface area contributed by atoms with Crippen LogP contribution >= 0.6 is 0 Å². The van der Waals surface area contributed by atoms with E-state index < -0.39 is 0 Å². The number of rotatable bonds is 2. The van der Waals surface area contributed by atoms with Crippen LogP contribution in [0.15, 0.2) is 21.2 Å². The van der Waals surface area contributed by atoms with E-state index in [9.17, 15) is 10.5 Å². The van der Waals surface area contributed by atoms with Crippen LogP contribution < -0.4 is 9.80 Å². The normalized spacial score (nSPS) is 10.6. The lowest BCUT2D eigenvalue weighted by atomic mass is 10.1. The Balaban J connectivity index is 2.57. The molecule has 0 unspecified atom stereocenters. The third-order valence-electron chi connectivity index (χ3n) is 3.56. The molecule has 3 aromatic rings. The lowest BCUT2D eigenvalue weighted by Gasteiger charge is -2.14. The van der Waals surface area contributed by atoms with Crippen LogP contribution in [0.4, 0.5) is 11.6 Å². The van der Waals surface area contributed by atoms with Gasteiger partial charge in [-0.2, -0.15) is 10.5 Å². The van der Waals surface area contributed by atoms with Crippen LogP contribution in [0.2, 0.25) is 0 Å². The Labute approximate surface area is 127 Å². The molecule has 0 aliphatic heterocycles. The van der Waals surface area contributed by atoms with Crippen molar-refractivity contribution in [3.05, 3.63) is 23.5 Å². The molecular weight excluding hydrogens is 280 g/mol. The number of benzene rings is 1. The zero-order chi connectivity index (χ0) is 16.0. The zero-order valence-electron chi connectivity index (χ0n) is 12.8. The lowest BCUT2D eigenvalue weighted by molar-refractivity contribution is 0.607. The molecule has 0 spiro atoms. The largest absolute Gasteiger partial charge is 0.461 e. The second-order valence-electron chi connectivity index (χ2n) is 5.42. The number of anilines is 2. The number of nitriles is 2. The van der Waals surface area contributed by atoms with E-state index >= 15 is 0 Å². The van der Waals surface area contributed by atoms with Crippen LogP contribution in [0.5, 0.6) is 0 Å². The van der Waals surface area contributed by atoms with E-state index in [1.165, 1.54) is 6.26 Å². The third-order valence-corrected chi connectivity index (χ3v) is 3.56. The van der Waals surface area contributed by atoms with E-state index in [0.717, 1.165) is 5.69 Å². The summed E-state index contributed by atoms with van der Waals surface area (Å²) in [7, 11) is 7.37. The van der Waals surface area contributed by atoms with Crippen LogP contribution in [-0.2, 0) is 0 Å². The van der Waals surface area contributed by atoms with Gasteiger partial charge in [-0.15, -0.1) is 0 Å². The predicted molar refractivity (Wildman–Crippen MR) is 84.1 cm³/mol. The van der Waals surface area contributed by atoms with Crippen molar-refractivity contribution >= 4 is 33.5 Å². The minimum absolute atomic E-state index is 0.446. The second kappa shape index (κ2) is 4.71. The Hall–Kier alpha value is -3.12. The van der Waals surface area contributed by atoms with Crippen molar-refractivity contribution in [2.75, 3.05) is 38.0 Å². The van der Waals surface area contributed by atoms with Gasteiger partial charge in [0.25, 0.3) is 0 Å². The molecule has 0 N–H and O–H groups in total. The predicted octanol–water partition coefficient (Wildman–Crippen LogP) is 3.05. The topological polar surface area (TPSA) is 80.3 Å². The maximum atomic E-state index is 9.55. The van der Waals surface area contributed by atoms with E-state index in [1.807, 2.05) is 33.1 Å². The van der Waals surface area contributed by atoms with Crippen LogP contribution in [0.1, 0.15) is 11.1 Å². The smallest absolute Gasteiger partial charge is 0.214 e. The summed E-state index contributed by atoms with van der Waals surface area (Å²) in [5.41, 5.74) is 2.79. The van der Waals surface area contributed by atoms with Gasteiger partial charge in [-0.25, -0.2) is 0 Å². The van der Waals surface area contributed by atoms with Crippen molar-refractivity contribution in [1.29, 1.82) is 10.5 Å².